The summed E-state index contributed by atoms with van der Waals surface area (Å²) in [5.41, 5.74) is 13.9. The zero-order valence-electron chi connectivity index (χ0n) is 19.5. The van der Waals surface area contributed by atoms with Crippen LogP contribution in [0.5, 0.6) is 0 Å². The fourth-order valence-electron chi connectivity index (χ4n) is 3.91. The molecule has 0 spiro atoms. The van der Waals surface area contributed by atoms with E-state index in [0.29, 0.717) is 43.5 Å². The van der Waals surface area contributed by atoms with Crippen LogP contribution in [0.1, 0.15) is 11.3 Å². The molecule has 0 atom stereocenters. The van der Waals surface area contributed by atoms with Gasteiger partial charge < -0.3 is 21.7 Å². The molecule has 5 N–H and O–H groups in total. The number of rotatable bonds is 8. The van der Waals surface area contributed by atoms with Gasteiger partial charge in [0.1, 0.15) is 17.5 Å². The molecule has 0 radical (unpaired) electrons. The van der Waals surface area contributed by atoms with E-state index in [1.165, 1.54) is 12.1 Å². The molecule has 0 aliphatic carbocycles. The van der Waals surface area contributed by atoms with Gasteiger partial charge in [0, 0.05) is 69.2 Å². The van der Waals surface area contributed by atoms with Crippen molar-refractivity contribution < 1.29 is 8.78 Å². The first-order valence-corrected chi connectivity index (χ1v) is 11.2. The van der Waals surface area contributed by atoms with Crippen LogP contribution in [-0.4, -0.2) is 70.5 Å². The Kier molecular flexibility index (Phi) is 8.96. The van der Waals surface area contributed by atoms with Gasteiger partial charge in [-0.25, -0.2) is 13.5 Å². The first kappa shape index (κ1) is 26.3. The molecule has 1 aromatic carbocycles. The molecule has 0 bridgehead atoms. The molecule has 4 rings (SSSR count). The summed E-state index contributed by atoms with van der Waals surface area (Å²) in [5, 5.41) is 7.56. The Morgan fingerprint density at radius 1 is 1.06 bits per heavy atom. The Bertz CT molecular complexity index is 1140. The molecule has 2 aromatic heterocycles. The van der Waals surface area contributed by atoms with Gasteiger partial charge in [0.05, 0.1) is 11.9 Å². The molecule has 0 saturated carbocycles. The second kappa shape index (κ2) is 11.9. The van der Waals surface area contributed by atoms with Gasteiger partial charge >= 0.3 is 0 Å². The van der Waals surface area contributed by atoms with Crippen molar-refractivity contribution >= 4 is 35.9 Å². The number of hydrogen-bond acceptors (Lipinski definition) is 8. The number of hydrogen-bond donors (Lipinski definition) is 3. The van der Waals surface area contributed by atoms with E-state index < -0.39 is 11.6 Å². The minimum absolute atomic E-state index is 0. The maximum Gasteiger partial charge on any atom is 0.224 e. The van der Waals surface area contributed by atoms with Crippen LogP contribution in [-0.2, 0) is 0 Å². The Morgan fingerprint density at radius 2 is 1.77 bits per heavy atom. The van der Waals surface area contributed by atoms with E-state index in [4.69, 9.17) is 11.5 Å². The monoisotopic (exact) mass is 505 g/mol. The highest BCUT2D eigenvalue weighted by atomic mass is 35.5. The standard InChI is InChI=1S/C23H29F2N9.ClH/c1-16-17(15-29-34(16)22-14-21(28-5-4-26)30-23(27)31-22)3-2-6-32-7-9-33(10-8-32)20-12-18(24)11-19(25)13-20;/h2-3,11-15H,4-10,26H2,1H3,(H3,27,28,30,31);1H. The number of benzene rings is 1. The highest BCUT2D eigenvalue weighted by molar-refractivity contribution is 5.85. The number of aromatic nitrogens is 4. The predicted octanol–water partition coefficient (Wildman–Crippen LogP) is 2.46. The third-order valence-electron chi connectivity index (χ3n) is 5.69. The lowest BCUT2D eigenvalue weighted by atomic mass is 10.2. The number of piperazine rings is 1. The quantitative estimate of drug-likeness (QED) is 0.428. The van der Waals surface area contributed by atoms with Crippen molar-refractivity contribution in [3.05, 3.63) is 59.4 Å². The van der Waals surface area contributed by atoms with E-state index in [0.717, 1.165) is 37.0 Å². The van der Waals surface area contributed by atoms with E-state index in [1.807, 2.05) is 17.9 Å². The summed E-state index contributed by atoms with van der Waals surface area (Å²) < 4.78 is 28.7. The fraction of sp³-hybridized carbons (Fsp3) is 0.348. The number of nitrogens with two attached hydrogens (primary N) is 2. The Labute approximate surface area is 209 Å². The van der Waals surface area contributed by atoms with Crippen molar-refractivity contribution in [2.45, 2.75) is 6.92 Å². The smallest absolute Gasteiger partial charge is 0.224 e. The van der Waals surface area contributed by atoms with Gasteiger partial charge in [-0.3, -0.25) is 4.90 Å². The molecule has 188 valence electrons. The van der Waals surface area contributed by atoms with Gasteiger partial charge in [-0.1, -0.05) is 12.2 Å². The van der Waals surface area contributed by atoms with Crippen LogP contribution in [0, 0.1) is 18.6 Å². The van der Waals surface area contributed by atoms with Gasteiger partial charge in [-0.2, -0.15) is 15.1 Å². The van der Waals surface area contributed by atoms with Gasteiger partial charge in [-0.05, 0) is 19.1 Å². The van der Waals surface area contributed by atoms with Crippen molar-refractivity contribution in [2.75, 3.05) is 61.8 Å². The lowest BCUT2D eigenvalue weighted by Crippen LogP contribution is -2.46. The SMILES string of the molecule is Cc1c(C=CCN2CCN(c3cc(F)cc(F)c3)CC2)cnn1-c1cc(NCCN)nc(N)n1.Cl. The van der Waals surface area contributed by atoms with Crippen molar-refractivity contribution in [3.8, 4) is 5.82 Å². The normalized spacial score (nSPS) is 14.3. The van der Waals surface area contributed by atoms with Crippen LogP contribution in [0.15, 0.2) is 36.5 Å². The molecule has 35 heavy (non-hydrogen) atoms. The zero-order chi connectivity index (χ0) is 24.1. The highest BCUT2D eigenvalue weighted by Gasteiger charge is 2.17. The third kappa shape index (κ3) is 6.65. The molecule has 3 aromatic rings. The third-order valence-corrected chi connectivity index (χ3v) is 5.69. The summed E-state index contributed by atoms with van der Waals surface area (Å²) in [6, 6.07) is 5.43. The van der Waals surface area contributed by atoms with E-state index in [-0.39, 0.29) is 18.4 Å². The lowest BCUT2D eigenvalue weighted by molar-refractivity contribution is 0.284. The summed E-state index contributed by atoms with van der Waals surface area (Å²) in [6.07, 6.45) is 5.91. The topological polar surface area (TPSA) is 114 Å². The summed E-state index contributed by atoms with van der Waals surface area (Å²) in [6.45, 7) is 6.83. The first-order valence-electron chi connectivity index (χ1n) is 11.2. The summed E-state index contributed by atoms with van der Waals surface area (Å²) >= 11 is 0. The van der Waals surface area contributed by atoms with Crippen molar-refractivity contribution in [1.82, 2.24) is 24.6 Å². The molecular formula is C23H30ClF2N9. The largest absolute Gasteiger partial charge is 0.369 e. The van der Waals surface area contributed by atoms with Gasteiger partial charge in [0.2, 0.25) is 5.95 Å². The molecular weight excluding hydrogens is 476 g/mol. The fourth-order valence-corrected chi connectivity index (χ4v) is 3.91. The summed E-state index contributed by atoms with van der Waals surface area (Å²) in [7, 11) is 0. The maximum absolute atomic E-state index is 13.5. The maximum atomic E-state index is 13.5. The van der Waals surface area contributed by atoms with Crippen LogP contribution in [0.4, 0.5) is 26.2 Å². The molecule has 3 heterocycles. The van der Waals surface area contributed by atoms with E-state index in [2.05, 4.69) is 31.4 Å². The second-order valence-electron chi connectivity index (χ2n) is 8.10. The molecule has 1 fully saturated rings. The van der Waals surface area contributed by atoms with E-state index in [1.54, 1.807) is 16.9 Å². The molecule has 9 nitrogen and oxygen atoms in total. The molecule has 12 heteroatoms. The van der Waals surface area contributed by atoms with Gasteiger partial charge in [0.25, 0.3) is 0 Å². The van der Waals surface area contributed by atoms with E-state index >= 15 is 0 Å². The van der Waals surface area contributed by atoms with Crippen LogP contribution in [0.3, 0.4) is 0 Å². The first-order chi connectivity index (χ1) is 16.4. The molecule has 1 aliphatic rings. The minimum Gasteiger partial charge on any atom is -0.369 e. The molecule has 1 aliphatic heterocycles. The summed E-state index contributed by atoms with van der Waals surface area (Å²) in [4.78, 5) is 12.8. The average molecular weight is 506 g/mol. The predicted molar refractivity (Wildman–Crippen MR) is 137 cm³/mol. The van der Waals surface area contributed by atoms with Crippen molar-refractivity contribution in [3.63, 3.8) is 0 Å². The van der Waals surface area contributed by atoms with Crippen molar-refractivity contribution in [1.29, 1.82) is 0 Å². The van der Waals surface area contributed by atoms with E-state index in [9.17, 15) is 8.78 Å². The van der Waals surface area contributed by atoms with Crippen LogP contribution in [0.25, 0.3) is 11.9 Å². The lowest BCUT2D eigenvalue weighted by Gasteiger charge is -2.35. The highest BCUT2D eigenvalue weighted by Crippen LogP contribution is 2.20. The van der Waals surface area contributed by atoms with Gasteiger partial charge in [-0.15, -0.1) is 12.4 Å². The average Bonchev–Trinajstić information content (AvgIpc) is 3.17. The Morgan fingerprint density at radius 3 is 2.46 bits per heavy atom. The van der Waals surface area contributed by atoms with Gasteiger partial charge in [0.15, 0.2) is 5.82 Å². The molecule has 0 amide bonds. The number of nitrogen functional groups attached to an aromatic ring is 1. The van der Waals surface area contributed by atoms with Crippen LogP contribution in [0.2, 0.25) is 0 Å². The number of nitrogens with zero attached hydrogens (tertiary/aromatic N) is 6. The molecule has 1 saturated heterocycles. The molecule has 0 unspecified atom stereocenters. The Hall–Kier alpha value is -3.28. The Balaban J connectivity index is 0.00000342. The van der Waals surface area contributed by atoms with Crippen LogP contribution < -0.4 is 21.7 Å². The van der Waals surface area contributed by atoms with Crippen LogP contribution >= 0.6 is 12.4 Å². The number of halogens is 3. The summed E-state index contributed by atoms with van der Waals surface area (Å²) in [5.74, 6) is 0.228. The van der Waals surface area contributed by atoms with Crippen molar-refractivity contribution in [2.24, 2.45) is 5.73 Å². The number of nitrogens with one attached hydrogen (secondary N) is 1. The number of anilines is 3. The minimum atomic E-state index is -0.552. The zero-order valence-corrected chi connectivity index (χ0v) is 20.3. The second-order valence-corrected chi connectivity index (χ2v) is 8.10.